The van der Waals surface area contributed by atoms with E-state index < -0.39 is 0 Å². The summed E-state index contributed by atoms with van der Waals surface area (Å²) in [7, 11) is 0. The molecular formula is C21H28BrN3S. The topological polar surface area (TPSA) is 50.7 Å². The van der Waals surface area contributed by atoms with Crippen LogP contribution in [0.25, 0.3) is 0 Å². The summed E-state index contributed by atoms with van der Waals surface area (Å²) in [5.41, 5.74) is 8.90. The average molecular weight is 434 g/mol. The Bertz CT molecular complexity index is 735. The van der Waals surface area contributed by atoms with Crippen LogP contribution in [0.5, 0.6) is 0 Å². The van der Waals surface area contributed by atoms with Crippen molar-refractivity contribution in [3.63, 3.8) is 0 Å². The van der Waals surface area contributed by atoms with Gasteiger partial charge in [-0.05, 0) is 54.8 Å². The first kappa shape index (κ1) is 21.0. The van der Waals surface area contributed by atoms with Gasteiger partial charge in [-0.2, -0.15) is 0 Å². The van der Waals surface area contributed by atoms with Crippen LogP contribution in [0.15, 0.2) is 63.0 Å². The molecule has 1 aliphatic rings. The smallest absolute Gasteiger partial charge is 0.154 e. The molecule has 0 aromatic heterocycles. The third-order valence-corrected chi connectivity index (χ3v) is 5.99. The highest BCUT2D eigenvalue weighted by Crippen LogP contribution is 2.41. The molecule has 3 unspecified atom stereocenters. The van der Waals surface area contributed by atoms with Crippen LogP contribution in [-0.2, 0) is 0 Å². The number of allylic oxidation sites excluding steroid dienone is 1. The molecule has 1 heterocycles. The number of hydrogen-bond donors (Lipinski definition) is 1. The second-order valence-electron chi connectivity index (χ2n) is 6.99. The summed E-state index contributed by atoms with van der Waals surface area (Å²) in [5.74, 6) is 1.12. The zero-order chi connectivity index (χ0) is 19.3. The lowest BCUT2D eigenvalue weighted by molar-refractivity contribution is 0.346. The van der Waals surface area contributed by atoms with Crippen molar-refractivity contribution in [1.82, 2.24) is 0 Å². The maximum atomic E-state index is 6.02. The molecule has 140 valence electrons. The van der Waals surface area contributed by atoms with E-state index in [-0.39, 0.29) is 17.5 Å². The molecule has 0 fully saturated rings. The molecule has 0 aliphatic carbocycles. The van der Waals surface area contributed by atoms with Gasteiger partial charge in [-0.1, -0.05) is 71.5 Å². The fraction of sp³-hybridized carbons (Fsp3) is 0.429. The summed E-state index contributed by atoms with van der Waals surface area (Å²) in [6.45, 7) is 12.8. The molecule has 1 aromatic carbocycles. The Labute approximate surface area is 170 Å². The molecule has 2 rings (SSSR count). The number of amidine groups is 1. The summed E-state index contributed by atoms with van der Waals surface area (Å²) in [6, 6.07) is 10.5. The zero-order valence-corrected chi connectivity index (χ0v) is 18.4. The normalized spacial score (nSPS) is 23.5. The van der Waals surface area contributed by atoms with Crippen LogP contribution in [0.1, 0.15) is 39.7 Å². The van der Waals surface area contributed by atoms with Gasteiger partial charge in [0.2, 0.25) is 0 Å². The van der Waals surface area contributed by atoms with Crippen LogP contribution in [0.3, 0.4) is 0 Å². The van der Waals surface area contributed by atoms with Gasteiger partial charge in [0, 0.05) is 17.5 Å². The van der Waals surface area contributed by atoms with Gasteiger partial charge in [0.25, 0.3) is 0 Å². The summed E-state index contributed by atoms with van der Waals surface area (Å²) < 4.78 is 1.05. The predicted octanol–water partition coefficient (Wildman–Crippen LogP) is 5.57. The molecule has 0 saturated carbocycles. The van der Waals surface area contributed by atoms with Gasteiger partial charge in [-0.3, -0.25) is 9.98 Å². The highest BCUT2D eigenvalue weighted by atomic mass is 79.9. The van der Waals surface area contributed by atoms with Crippen molar-refractivity contribution in [3.05, 3.63) is 58.6 Å². The Hall–Kier alpha value is -1.33. The Kier molecular flexibility index (Phi) is 7.30. The van der Waals surface area contributed by atoms with Crippen LogP contribution in [-0.4, -0.2) is 28.2 Å². The van der Waals surface area contributed by atoms with Gasteiger partial charge in [0.15, 0.2) is 5.17 Å². The van der Waals surface area contributed by atoms with Gasteiger partial charge in [-0.25, -0.2) is 0 Å². The van der Waals surface area contributed by atoms with Crippen LogP contribution in [0.4, 0.5) is 0 Å². The van der Waals surface area contributed by atoms with Crippen molar-refractivity contribution in [1.29, 1.82) is 0 Å². The number of thioether (sulfide) groups is 1. The fourth-order valence-corrected chi connectivity index (χ4v) is 4.79. The molecule has 5 heteroatoms. The summed E-state index contributed by atoms with van der Waals surface area (Å²) in [6.07, 6.45) is 2.98. The minimum Gasteiger partial charge on any atom is -0.379 e. The molecule has 0 saturated heterocycles. The summed E-state index contributed by atoms with van der Waals surface area (Å²) in [5, 5.41) is 0.648. The molecule has 0 radical (unpaired) electrons. The lowest BCUT2D eigenvalue weighted by atomic mass is 9.78. The number of benzene rings is 1. The second-order valence-corrected chi connectivity index (χ2v) is 9.23. The molecule has 26 heavy (non-hydrogen) atoms. The Morgan fingerprint density at radius 3 is 2.58 bits per heavy atom. The molecule has 0 bridgehead atoms. The summed E-state index contributed by atoms with van der Waals surface area (Å²) in [4.78, 5) is 9.71. The van der Waals surface area contributed by atoms with E-state index in [1.165, 1.54) is 5.56 Å². The minimum absolute atomic E-state index is 0.200. The van der Waals surface area contributed by atoms with E-state index in [1.54, 1.807) is 11.8 Å². The molecule has 0 amide bonds. The molecule has 2 N–H and O–H groups in total. The van der Waals surface area contributed by atoms with E-state index in [1.807, 2.05) is 25.1 Å². The maximum Gasteiger partial charge on any atom is 0.154 e. The SMILES string of the molecule is C=C(C=C(C)Br)C1(C(C)CC(C)N=C(C)c2ccccc2)CSC(N)=N1. The molecule has 1 aromatic rings. The lowest BCUT2D eigenvalue weighted by Crippen LogP contribution is -2.38. The van der Waals surface area contributed by atoms with E-state index in [0.29, 0.717) is 5.17 Å². The highest BCUT2D eigenvalue weighted by Gasteiger charge is 2.42. The van der Waals surface area contributed by atoms with Gasteiger partial charge in [0.1, 0.15) is 5.54 Å². The Balaban J connectivity index is 2.18. The largest absolute Gasteiger partial charge is 0.379 e. The molecule has 0 spiro atoms. The monoisotopic (exact) mass is 433 g/mol. The van der Waals surface area contributed by atoms with Crippen LogP contribution < -0.4 is 5.73 Å². The predicted molar refractivity (Wildman–Crippen MR) is 121 cm³/mol. The first-order valence-corrected chi connectivity index (χ1v) is 10.6. The molecule has 3 atom stereocenters. The number of halogens is 1. The van der Waals surface area contributed by atoms with E-state index in [9.17, 15) is 0 Å². The standard InChI is InChI=1S/C21H28BrN3S/c1-14(11-16(3)22)21(13-26-20(23)25-21)15(2)12-17(4)24-18(5)19-9-7-6-8-10-19/h6-11,15,17H,1,12-13H2,2-5H3,(H2,23,25). The van der Waals surface area contributed by atoms with Crippen molar-refractivity contribution in [2.75, 3.05) is 5.75 Å². The Morgan fingerprint density at radius 1 is 1.38 bits per heavy atom. The molecular weight excluding hydrogens is 406 g/mol. The fourth-order valence-electron chi connectivity index (χ4n) is 3.39. The van der Waals surface area contributed by atoms with Gasteiger partial charge in [0.05, 0.1) is 0 Å². The van der Waals surface area contributed by atoms with Crippen LogP contribution >= 0.6 is 27.7 Å². The van der Waals surface area contributed by atoms with Crippen molar-refractivity contribution < 1.29 is 0 Å². The Morgan fingerprint density at radius 2 is 2.04 bits per heavy atom. The zero-order valence-electron chi connectivity index (χ0n) is 16.0. The van der Waals surface area contributed by atoms with Crippen molar-refractivity contribution >= 4 is 38.6 Å². The molecule has 1 aliphatic heterocycles. The van der Waals surface area contributed by atoms with Gasteiger partial charge < -0.3 is 5.73 Å². The first-order valence-electron chi connectivity index (χ1n) is 8.85. The van der Waals surface area contributed by atoms with E-state index in [2.05, 4.69) is 61.5 Å². The quantitative estimate of drug-likeness (QED) is 0.451. The van der Waals surface area contributed by atoms with Crippen LogP contribution in [0, 0.1) is 5.92 Å². The lowest BCUT2D eigenvalue weighted by Gasteiger charge is -2.34. The van der Waals surface area contributed by atoms with Crippen molar-refractivity contribution in [2.45, 2.75) is 45.7 Å². The van der Waals surface area contributed by atoms with E-state index in [4.69, 9.17) is 15.7 Å². The van der Waals surface area contributed by atoms with Gasteiger partial charge in [-0.15, -0.1) is 0 Å². The number of nitrogens with two attached hydrogens (primary N) is 1. The second kappa shape index (κ2) is 9.05. The van der Waals surface area contributed by atoms with Gasteiger partial charge >= 0.3 is 0 Å². The third kappa shape index (κ3) is 5.10. The third-order valence-electron chi connectivity index (χ3n) is 4.79. The number of aliphatic imine (C=N–C) groups is 2. The van der Waals surface area contributed by atoms with Crippen LogP contribution in [0.2, 0.25) is 0 Å². The summed E-state index contributed by atoms with van der Waals surface area (Å²) >= 11 is 5.12. The number of nitrogens with zero attached hydrogens (tertiary/aromatic N) is 2. The number of hydrogen-bond acceptors (Lipinski definition) is 4. The van der Waals surface area contributed by atoms with E-state index >= 15 is 0 Å². The van der Waals surface area contributed by atoms with E-state index in [0.717, 1.165) is 27.9 Å². The maximum absolute atomic E-state index is 6.02. The number of rotatable bonds is 7. The van der Waals surface area contributed by atoms with Crippen molar-refractivity contribution in [3.8, 4) is 0 Å². The highest BCUT2D eigenvalue weighted by molar-refractivity contribution is 9.11. The molecule has 3 nitrogen and oxygen atoms in total. The average Bonchev–Trinajstić information content (AvgIpc) is 2.98. The minimum atomic E-state index is -0.353. The van der Waals surface area contributed by atoms with Crippen molar-refractivity contribution in [2.24, 2.45) is 21.6 Å². The first-order chi connectivity index (χ1) is 12.2.